The van der Waals surface area contributed by atoms with Crippen LogP contribution < -0.4 is 5.32 Å². The van der Waals surface area contributed by atoms with Crippen LogP contribution in [0.4, 0.5) is 9.18 Å². The number of urea groups is 1. The molecule has 1 aliphatic rings. The minimum Gasteiger partial charge on any atom is -0.318 e. The van der Waals surface area contributed by atoms with E-state index in [0.717, 1.165) is 5.01 Å². The standard InChI is InChI=1S/C18H15BrFN3O2/c1-2-18(13-6-4-3-5-7-13)16(24)23(17(25)22-18)21-11-12-8-9-15(20)14(19)10-12/h3-11H,2H2,1H3,(H,22,25)/b21-11-/t18-/m0/s1. The van der Waals surface area contributed by atoms with E-state index in [1.54, 1.807) is 12.1 Å². The van der Waals surface area contributed by atoms with Gasteiger partial charge in [0, 0.05) is 0 Å². The van der Waals surface area contributed by atoms with Gasteiger partial charge in [0.2, 0.25) is 0 Å². The minimum atomic E-state index is -1.13. The van der Waals surface area contributed by atoms with Crippen LogP contribution in [0.3, 0.4) is 0 Å². The van der Waals surface area contributed by atoms with Crippen LogP contribution in [0.5, 0.6) is 0 Å². The van der Waals surface area contributed by atoms with Crippen molar-refractivity contribution in [3.8, 4) is 0 Å². The molecule has 1 fully saturated rings. The summed E-state index contributed by atoms with van der Waals surface area (Å²) in [6.45, 7) is 1.83. The zero-order valence-electron chi connectivity index (χ0n) is 13.4. The number of imide groups is 1. The van der Waals surface area contributed by atoms with E-state index >= 15 is 0 Å². The molecule has 3 rings (SSSR count). The van der Waals surface area contributed by atoms with Crippen molar-refractivity contribution in [3.05, 3.63) is 69.9 Å². The molecule has 7 heteroatoms. The van der Waals surface area contributed by atoms with Gasteiger partial charge in [0.15, 0.2) is 0 Å². The summed E-state index contributed by atoms with van der Waals surface area (Å²) in [5, 5.41) is 7.56. The Hall–Kier alpha value is -2.54. The molecule has 1 aliphatic heterocycles. The van der Waals surface area contributed by atoms with Crippen LogP contribution in [0.1, 0.15) is 24.5 Å². The second-order valence-corrected chi connectivity index (χ2v) is 6.44. The molecule has 2 aromatic rings. The Kier molecular flexibility index (Phi) is 4.67. The molecule has 0 saturated carbocycles. The third-order valence-corrected chi connectivity index (χ3v) is 4.74. The third kappa shape index (κ3) is 3.07. The first-order chi connectivity index (χ1) is 12.0. The Morgan fingerprint density at radius 3 is 2.60 bits per heavy atom. The number of hydrogen-bond donors (Lipinski definition) is 1. The highest BCUT2D eigenvalue weighted by Crippen LogP contribution is 2.32. The first-order valence-electron chi connectivity index (χ1n) is 7.69. The molecule has 1 saturated heterocycles. The lowest BCUT2D eigenvalue weighted by molar-refractivity contribution is -0.131. The Morgan fingerprint density at radius 1 is 1.24 bits per heavy atom. The second-order valence-electron chi connectivity index (χ2n) is 5.59. The van der Waals surface area contributed by atoms with Crippen LogP contribution in [-0.2, 0) is 10.3 Å². The number of benzene rings is 2. The maximum atomic E-state index is 13.3. The van der Waals surface area contributed by atoms with Gasteiger partial charge >= 0.3 is 6.03 Å². The first-order valence-corrected chi connectivity index (χ1v) is 8.48. The van der Waals surface area contributed by atoms with Gasteiger partial charge in [-0.05, 0) is 45.6 Å². The molecule has 1 N–H and O–H groups in total. The number of hydrogen-bond acceptors (Lipinski definition) is 3. The van der Waals surface area contributed by atoms with E-state index in [1.807, 2.05) is 25.1 Å². The molecule has 2 aromatic carbocycles. The lowest BCUT2D eigenvalue weighted by atomic mass is 9.87. The molecule has 0 radical (unpaired) electrons. The fourth-order valence-corrected chi connectivity index (χ4v) is 3.14. The summed E-state index contributed by atoms with van der Waals surface area (Å²) in [5.74, 6) is -0.843. The summed E-state index contributed by atoms with van der Waals surface area (Å²) in [6.07, 6.45) is 1.74. The fraction of sp³-hybridized carbons (Fsp3) is 0.167. The quantitative estimate of drug-likeness (QED) is 0.623. The topological polar surface area (TPSA) is 61.8 Å². The van der Waals surface area contributed by atoms with Gasteiger partial charge in [-0.3, -0.25) is 4.79 Å². The summed E-state index contributed by atoms with van der Waals surface area (Å²) in [6, 6.07) is 12.8. The summed E-state index contributed by atoms with van der Waals surface area (Å²) in [4.78, 5) is 25.2. The van der Waals surface area contributed by atoms with Gasteiger partial charge in [-0.25, -0.2) is 9.18 Å². The minimum absolute atomic E-state index is 0.279. The smallest absolute Gasteiger partial charge is 0.318 e. The zero-order chi connectivity index (χ0) is 18.0. The molecular weight excluding hydrogens is 389 g/mol. The van der Waals surface area contributed by atoms with Crippen LogP contribution in [0.15, 0.2) is 58.1 Å². The number of carbonyl (C=O) groups is 2. The van der Waals surface area contributed by atoms with Crippen molar-refractivity contribution in [2.45, 2.75) is 18.9 Å². The number of nitrogens with zero attached hydrogens (tertiary/aromatic N) is 2. The predicted molar refractivity (Wildman–Crippen MR) is 95.5 cm³/mol. The van der Waals surface area contributed by atoms with Gasteiger partial charge < -0.3 is 5.32 Å². The zero-order valence-corrected chi connectivity index (χ0v) is 15.0. The highest BCUT2D eigenvalue weighted by molar-refractivity contribution is 9.10. The molecule has 3 amide bonds. The lowest BCUT2D eigenvalue weighted by Gasteiger charge is -2.24. The number of halogens is 2. The van der Waals surface area contributed by atoms with E-state index < -0.39 is 23.3 Å². The number of rotatable bonds is 4. The van der Waals surface area contributed by atoms with Gasteiger partial charge in [0.05, 0.1) is 10.7 Å². The predicted octanol–water partition coefficient (Wildman–Crippen LogP) is 3.78. The van der Waals surface area contributed by atoms with E-state index in [-0.39, 0.29) is 4.47 Å². The number of amides is 3. The third-order valence-electron chi connectivity index (χ3n) is 4.13. The first kappa shape index (κ1) is 17.3. The van der Waals surface area contributed by atoms with E-state index in [1.165, 1.54) is 24.4 Å². The molecular formula is C18H15BrFN3O2. The van der Waals surface area contributed by atoms with Crippen LogP contribution >= 0.6 is 15.9 Å². The summed E-state index contributed by atoms with van der Waals surface area (Å²) in [5.41, 5.74) is 0.139. The summed E-state index contributed by atoms with van der Waals surface area (Å²) < 4.78 is 13.6. The van der Waals surface area contributed by atoms with Crippen molar-refractivity contribution >= 4 is 34.1 Å². The average molecular weight is 404 g/mol. The largest absolute Gasteiger partial charge is 0.346 e. The van der Waals surface area contributed by atoms with Gasteiger partial charge in [-0.1, -0.05) is 43.3 Å². The van der Waals surface area contributed by atoms with Crippen molar-refractivity contribution in [1.29, 1.82) is 0 Å². The van der Waals surface area contributed by atoms with Gasteiger partial charge in [-0.2, -0.15) is 5.10 Å². The Bertz CT molecular complexity index is 857. The monoisotopic (exact) mass is 403 g/mol. The van der Waals surface area contributed by atoms with Crippen molar-refractivity contribution in [3.63, 3.8) is 0 Å². The van der Waals surface area contributed by atoms with Crippen LogP contribution in [0.2, 0.25) is 0 Å². The van der Waals surface area contributed by atoms with Crippen LogP contribution in [0.25, 0.3) is 0 Å². The van der Waals surface area contributed by atoms with Crippen molar-refractivity contribution in [2.24, 2.45) is 5.10 Å². The summed E-state index contributed by atoms with van der Waals surface area (Å²) in [7, 11) is 0. The number of carbonyl (C=O) groups excluding carboxylic acids is 2. The molecule has 0 aliphatic carbocycles. The van der Waals surface area contributed by atoms with E-state index in [0.29, 0.717) is 17.5 Å². The highest BCUT2D eigenvalue weighted by Gasteiger charge is 2.51. The van der Waals surface area contributed by atoms with Crippen LogP contribution in [0, 0.1) is 5.82 Å². The van der Waals surface area contributed by atoms with Crippen molar-refractivity contribution < 1.29 is 14.0 Å². The summed E-state index contributed by atoms with van der Waals surface area (Å²) >= 11 is 3.09. The fourth-order valence-electron chi connectivity index (χ4n) is 2.75. The normalized spacial score (nSPS) is 20.4. The Morgan fingerprint density at radius 2 is 1.96 bits per heavy atom. The molecule has 25 heavy (non-hydrogen) atoms. The van der Waals surface area contributed by atoms with E-state index in [4.69, 9.17) is 0 Å². The highest BCUT2D eigenvalue weighted by atomic mass is 79.9. The molecule has 0 aromatic heterocycles. The lowest BCUT2D eigenvalue weighted by Crippen LogP contribution is -2.43. The molecule has 0 unspecified atom stereocenters. The van der Waals surface area contributed by atoms with E-state index in [2.05, 4.69) is 26.3 Å². The molecule has 5 nitrogen and oxygen atoms in total. The Labute approximate surface area is 152 Å². The molecule has 0 spiro atoms. The Balaban J connectivity index is 1.91. The molecule has 1 atom stereocenters. The SMILES string of the molecule is CC[C@@]1(c2ccccc2)NC(=O)N(/N=C\c2ccc(F)c(Br)c2)C1=O. The van der Waals surface area contributed by atoms with E-state index in [9.17, 15) is 14.0 Å². The molecule has 1 heterocycles. The number of hydrazone groups is 1. The van der Waals surface area contributed by atoms with Crippen molar-refractivity contribution in [1.82, 2.24) is 10.3 Å². The van der Waals surface area contributed by atoms with Gasteiger partial charge in [0.25, 0.3) is 5.91 Å². The number of nitrogens with one attached hydrogen (secondary N) is 1. The molecule has 128 valence electrons. The second kappa shape index (κ2) is 6.76. The molecule has 0 bridgehead atoms. The van der Waals surface area contributed by atoms with Crippen molar-refractivity contribution in [2.75, 3.05) is 0 Å². The maximum Gasteiger partial charge on any atom is 0.346 e. The van der Waals surface area contributed by atoms with Gasteiger partial charge in [-0.15, -0.1) is 5.01 Å². The van der Waals surface area contributed by atoms with Crippen LogP contribution in [-0.4, -0.2) is 23.2 Å². The maximum absolute atomic E-state index is 13.3. The average Bonchev–Trinajstić information content (AvgIpc) is 2.88. The van der Waals surface area contributed by atoms with Gasteiger partial charge in [0.1, 0.15) is 11.4 Å².